The van der Waals surface area contributed by atoms with E-state index in [0.29, 0.717) is 12.1 Å². The number of benzene rings is 2. The summed E-state index contributed by atoms with van der Waals surface area (Å²) >= 11 is 0. The Morgan fingerprint density at radius 3 is 2.38 bits per heavy atom. The van der Waals surface area contributed by atoms with E-state index in [-0.39, 0.29) is 35.5 Å². The Kier molecular flexibility index (Phi) is 6.61. The molecular formula is C21H22F3N3O4S. The number of hydrogen-bond donors (Lipinski definition) is 2. The second kappa shape index (κ2) is 8.91. The maximum atomic E-state index is 12.6. The van der Waals surface area contributed by atoms with Gasteiger partial charge in [-0.2, -0.15) is 13.2 Å². The molecule has 1 atom stereocenters. The van der Waals surface area contributed by atoms with Crippen LogP contribution in [0.15, 0.2) is 47.4 Å². The molecule has 2 aromatic rings. The summed E-state index contributed by atoms with van der Waals surface area (Å²) in [5.41, 5.74) is 0.766. The van der Waals surface area contributed by atoms with Crippen LogP contribution in [0, 0.1) is 0 Å². The number of fused-ring (bicyclic) bond motifs is 1. The smallest absolute Gasteiger partial charge is 0.326 e. The summed E-state index contributed by atoms with van der Waals surface area (Å²) < 4.78 is 65.2. The first-order chi connectivity index (χ1) is 14.9. The molecule has 7 nitrogen and oxygen atoms in total. The van der Waals surface area contributed by atoms with E-state index >= 15 is 0 Å². The van der Waals surface area contributed by atoms with E-state index in [9.17, 15) is 31.2 Å². The molecule has 1 heterocycles. The van der Waals surface area contributed by atoms with Crippen molar-refractivity contribution in [1.82, 2.24) is 4.72 Å². The summed E-state index contributed by atoms with van der Waals surface area (Å²) in [4.78, 5) is 25.4. The molecule has 2 aromatic carbocycles. The number of hydrogen-bond acceptors (Lipinski definition) is 4. The number of anilines is 2. The summed E-state index contributed by atoms with van der Waals surface area (Å²) in [5, 5.41) is 2.42. The Bertz CT molecular complexity index is 1130. The summed E-state index contributed by atoms with van der Waals surface area (Å²) in [6, 6.07) is 8.38. The van der Waals surface area contributed by atoms with Gasteiger partial charge in [0.05, 0.1) is 10.5 Å². The first-order valence-corrected chi connectivity index (χ1v) is 11.3. The van der Waals surface area contributed by atoms with Gasteiger partial charge in [-0.3, -0.25) is 9.59 Å². The fraction of sp³-hybridized carbons (Fsp3) is 0.333. The molecule has 3 rings (SSSR count). The van der Waals surface area contributed by atoms with Crippen LogP contribution in [-0.4, -0.2) is 32.8 Å². The molecule has 1 aliphatic heterocycles. The van der Waals surface area contributed by atoms with Gasteiger partial charge in [0.15, 0.2) is 0 Å². The molecule has 32 heavy (non-hydrogen) atoms. The van der Waals surface area contributed by atoms with Crippen molar-refractivity contribution in [2.24, 2.45) is 0 Å². The zero-order valence-corrected chi connectivity index (χ0v) is 18.2. The Hall–Kier alpha value is -2.92. The molecule has 0 saturated carbocycles. The number of halogens is 3. The number of sulfonamides is 1. The molecule has 172 valence electrons. The molecule has 2 amide bonds. The number of nitrogens with one attached hydrogen (secondary N) is 2. The predicted molar refractivity (Wildman–Crippen MR) is 113 cm³/mol. The molecule has 0 unspecified atom stereocenters. The Morgan fingerprint density at radius 2 is 1.78 bits per heavy atom. The lowest BCUT2D eigenvalue weighted by Gasteiger charge is -2.20. The van der Waals surface area contributed by atoms with Crippen LogP contribution >= 0.6 is 0 Å². The third kappa shape index (κ3) is 5.28. The maximum absolute atomic E-state index is 12.6. The summed E-state index contributed by atoms with van der Waals surface area (Å²) in [6.45, 7) is 3.14. The minimum Gasteiger partial charge on any atom is -0.326 e. The number of nitrogens with zero attached hydrogens (tertiary/aromatic N) is 1. The van der Waals surface area contributed by atoms with E-state index in [4.69, 9.17) is 0 Å². The number of alkyl halides is 3. The van der Waals surface area contributed by atoms with Gasteiger partial charge < -0.3 is 10.2 Å². The minimum absolute atomic E-state index is 0.0250. The van der Waals surface area contributed by atoms with Crippen LogP contribution in [0.25, 0.3) is 0 Å². The van der Waals surface area contributed by atoms with E-state index in [1.165, 1.54) is 19.1 Å². The Balaban J connectivity index is 1.57. The molecule has 0 saturated heterocycles. The average Bonchev–Trinajstić information content (AvgIpc) is 3.02. The highest BCUT2D eigenvalue weighted by Gasteiger charge is 2.31. The van der Waals surface area contributed by atoms with E-state index in [1.54, 1.807) is 11.0 Å². The van der Waals surface area contributed by atoms with Crippen molar-refractivity contribution in [3.8, 4) is 0 Å². The van der Waals surface area contributed by atoms with Gasteiger partial charge in [-0.1, -0.05) is 0 Å². The SMILES string of the molecule is CC(=O)N1c2ccc(S(=O)(=O)NCCC(=O)Nc3ccc(C(F)(F)F)cc3)cc2C[C@H]1C. The van der Waals surface area contributed by atoms with Crippen molar-refractivity contribution in [3.63, 3.8) is 0 Å². The van der Waals surface area contributed by atoms with Crippen molar-refractivity contribution in [2.75, 3.05) is 16.8 Å². The van der Waals surface area contributed by atoms with Crippen molar-refractivity contribution in [1.29, 1.82) is 0 Å². The largest absolute Gasteiger partial charge is 0.416 e. The fourth-order valence-corrected chi connectivity index (χ4v) is 4.68. The van der Waals surface area contributed by atoms with Crippen LogP contribution in [-0.2, 0) is 32.2 Å². The van der Waals surface area contributed by atoms with Gasteiger partial charge in [-0.15, -0.1) is 0 Å². The van der Waals surface area contributed by atoms with Crippen LogP contribution in [0.2, 0.25) is 0 Å². The number of carbonyl (C=O) groups is 2. The fourth-order valence-electron chi connectivity index (χ4n) is 3.60. The molecule has 11 heteroatoms. The van der Waals surface area contributed by atoms with Crippen molar-refractivity contribution < 1.29 is 31.2 Å². The molecule has 1 aliphatic rings. The molecule has 0 aliphatic carbocycles. The van der Waals surface area contributed by atoms with Crippen LogP contribution < -0.4 is 14.9 Å². The normalized spacial score (nSPS) is 16.0. The van der Waals surface area contributed by atoms with Crippen molar-refractivity contribution in [2.45, 2.75) is 43.8 Å². The first kappa shape index (κ1) is 23.7. The van der Waals surface area contributed by atoms with Gasteiger partial charge >= 0.3 is 6.18 Å². The molecule has 0 radical (unpaired) electrons. The van der Waals surface area contributed by atoms with Crippen molar-refractivity contribution >= 4 is 33.2 Å². The highest BCUT2D eigenvalue weighted by Crippen LogP contribution is 2.34. The Labute approximate surface area is 183 Å². The first-order valence-electron chi connectivity index (χ1n) is 9.78. The predicted octanol–water partition coefficient (Wildman–Crippen LogP) is 3.31. The van der Waals surface area contributed by atoms with E-state index < -0.39 is 27.7 Å². The molecule has 0 bridgehead atoms. The van der Waals surface area contributed by atoms with Crippen LogP contribution in [0.3, 0.4) is 0 Å². The minimum atomic E-state index is -4.47. The lowest BCUT2D eigenvalue weighted by Crippen LogP contribution is -2.33. The molecule has 2 N–H and O–H groups in total. The van der Waals surface area contributed by atoms with Crippen LogP contribution in [0.1, 0.15) is 31.4 Å². The third-order valence-electron chi connectivity index (χ3n) is 5.06. The van der Waals surface area contributed by atoms with Gasteiger partial charge in [0.25, 0.3) is 0 Å². The topological polar surface area (TPSA) is 95.6 Å². The molecular weight excluding hydrogens is 447 g/mol. The molecule has 0 fully saturated rings. The summed E-state index contributed by atoms with van der Waals surface area (Å²) in [6.07, 6.45) is -4.14. The van der Waals surface area contributed by atoms with E-state index in [0.717, 1.165) is 29.8 Å². The number of carbonyl (C=O) groups excluding carboxylic acids is 2. The zero-order chi connectivity index (χ0) is 23.7. The lowest BCUT2D eigenvalue weighted by molar-refractivity contribution is -0.137. The Morgan fingerprint density at radius 1 is 1.12 bits per heavy atom. The van der Waals surface area contributed by atoms with Gasteiger partial charge in [-0.05, 0) is 61.4 Å². The quantitative estimate of drug-likeness (QED) is 0.679. The monoisotopic (exact) mass is 469 g/mol. The maximum Gasteiger partial charge on any atom is 0.416 e. The lowest BCUT2D eigenvalue weighted by atomic mass is 10.1. The second-order valence-corrected chi connectivity index (χ2v) is 9.27. The summed E-state index contributed by atoms with van der Waals surface area (Å²) in [5.74, 6) is -0.670. The van der Waals surface area contributed by atoms with Gasteiger partial charge in [0.2, 0.25) is 21.8 Å². The van der Waals surface area contributed by atoms with Gasteiger partial charge in [-0.25, -0.2) is 13.1 Å². The third-order valence-corrected chi connectivity index (χ3v) is 6.51. The molecule has 0 spiro atoms. The van der Waals surface area contributed by atoms with Crippen LogP contribution in [0.4, 0.5) is 24.5 Å². The standard InChI is InChI=1S/C21H22F3N3O4S/c1-13-11-15-12-18(7-8-19(15)27(13)14(2)28)32(30,31)25-10-9-20(29)26-17-5-3-16(4-6-17)21(22,23)24/h3-8,12-13,25H,9-11H2,1-2H3,(H,26,29)/t13-/m1/s1. The summed E-state index contributed by atoms with van der Waals surface area (Å²) in [7, 11) is -3.89. The van der Waals surface area contributed by atoms with Gasteiger partial charge in [0, 0.05) is 37.3 Å². The zero-order valence-electron chi connectivity index (χ0n) is 17.4. The second-order valence-electron chi connectivity index (χ2n) is 7.50. The van der Waals surface area contributed by atoms with Gasteiger partial charge in [0.1, 0.15) is 0 Å². The number of rotatable bonds is 6. The van der Waals surface area contributed by atoms with E-state index in [1.807, 2.05) is 6.92 Å². The number of amides is 2. The average molecular weight is 469 g/mol. The highest BCUT2D eigenvalue weighted by molar-refractivity contribution is 7.89. The molecule has 0 aromatic heterocycles. The van der Waals surface area contributed by atoms with Crippen molar-refractivity contribution in [3.05, 3.63) is 53.6 Å². The van der Waals surface area contributed by atoms with E-state index in [2.05, 4.69) is 10.0 Å². The van der Waals surface area contributed by atoms with Crippen LogP contribution in [0.5, 0.6) is 0 Å². The highest BCUT2D eigenvalue weighted by atomic mass is 32.2.